The van der Waals surface area contributed by atoms with E-state index < -0.39 is 4.92 Å². The molecule has 0 fully saturated rings. The predicted molar refractivity (Wildman–Crippen MR) is 81.3 cm³/mol. The Kier molecular flexibility index (Phi) is 5.02. The van der Waals surface area contributed by atoms with Crippen LogP contribution in [-0.2, 0) is 0 Å². The summed E-state index contributed by atoms with van der Waals surface area (Å²) in [6.07, 6.45) is 0. The number of nitro benzene ring substituents is 1. The Morgan fingerprint density at radius 3 is 2.05 bits per heavy atom. The molecule has 0 atom stereocenters. The van der Waals surface area contributed by atoms with Gasteiger partial charge < -0.3 is 15.4 Å². The molecule has 9 heteroatoms. The summed E-state index contributed by atoms with van der Waals surface area (Å²) in [7, 11) is 0. The van der Waals surface area contributed by atoms with Crippen LogP contribution >= 0.6 is 0 Å². The van der Waals surface area contributed by atoms with Crippen LogP contribution in [0.4, 0.5) is 17.6 Å². The highest BCUT2D eigenvalue weighted by molar-refractivity contribution is 5.39. The Morgan fingerprint density at radius 2 is 1.59 bits per heavy atom. The Morgan fingerprint density at radius 1 is 1.05 bits per heavy atom. The Hall–Kier alpha value is -2.97. The third-order valence-electron chi connectivity index (χ3n) is 2.54. The normalized spacial score (nSPS) is 10.1. The van der Waals surface area contributed by atoms with Crippen molar-refractivity contribution >= 4 is 17.6 Å². The zero-order valence-electron chi connectivity index (χ0n) is 12.2. The molecule has 0 aliphatic carbocycles. The molecule has 0 amide bonds. The van der Waals surface area contributed by atoms with Crippen molar-refractivity contribution < 1.29 is 9.66 Å². The highest BCUT2D eigenvalue weighted by Crippen LogP contribution is 2.22. The number of hydrogen-bond acceptors (Lipinski definition) is 8. The van der Waals surface area contributed by atoms with E-state index in [1.165, 1.54) is 24.3 Å². The van der Waals surface area contributed by atoms with Gasteiger partial charge >= 0.3 is 6.01 Å². The minimum Gasteiger partial charge on any atom is -0.424 e. The molecule has 0 bridgehead atoms. The van der Waals surface area contributed by atoms with Crippen LogP contribution in [0, 0.1) is 10.1 Å². The van der Waals surface area contributed by atoms with Gasteiger partial charge in [-0.2, -0.15) is 15.0 Å². The Labute approximate surface area is 126 Å². The van der Waals surface area contributed by atoms with Crippen LogP contribution in [0.15, 0.2) is 24.3 Å². The number of nitrogens with zero attached hydrogens (tertiary/aromatic N) is 4. The average molecular weight is 304 g/mol. The zero-order valence-corrected chi connectivity index (χ0v) is 12.2. The highest BCUT2D eigenvalue weighted by atomic mass is 16.6. The molecule has 2 aromatic rings. The summed E-state index contributed by atoms with van der Waals surface area (Å²) in [5.74, 6) is 1.19. The van der Waals surface area contributed by atoms with Gasteiger partial charge in [0.25, 0.3) is 5.69 Å². The van der Waals surface area contributed by atoms with Crippen LogP contribution in [-0.4, -0.2) is 33.0 Å². The maximum Gasteiger partial charge on any atom is 0.328 e. The first-order valence-electron chi connectivity index (χ1n) is 6.78. The third kappa shape index (κ3) is 4.01. The summed E-state index contributed by atoms with van der Waals surface area (Å²) in [5, 5.41) is 16.6. The van der Waals surface area contributed by atoms with Crippen molar-refractivity contribution in [1.82, 2.24) is 15.0 Å². The summed E-state index contributed by atoms with van der Waals surface area (Å²) in [4.78, 5) is 22.6. The number of nitro groups is 1. The molecule has 0 saturated heterocycles. The Balaban J connectivity index is 2.21. The minimum absolute atomic E-state index is 0.00956. The van der Waals surface area contributed by atoms with Crippen molar-refractivity contribution in [2.24, 2.45) is 0 Å². The lowest BCUT2D eigenvalue weighted by molar-refractivity contribution is -0.384. The molecule has 116 valence electrons. The molecule has 0 radical (unpaired) electrons. The number of rotatable bonds is 7. The molecule has 1 aromatic heterocycles. The minimum atomic E-state index is -0.473. The summed E-state index contributed by atoms with van der Waals surface area (Å²) < 4.78 is 5.52. The maximum atomic E-state index is 10.6. The number of aromatic nitrogens is 3. The smallest absolute Gasteiger partial charge is 0.328 e. The highest BCUT2D eigenvalue weighted by Gasteiger charge is 2.09. The van der Waals surface area contributed by atoms with E-state index in [9.17, 15) is 10.1 Å². The van der Waals surface area contributed by atoms with Gasteiger partial charge in [-0.05, 0) is 26.0 Å². The van der Waals surface area contributed by atoms with Crippen molar-refractivity contribution in [3.8, 4) is 11.8 Å². The van der Waals surface area contributed by atoms with Crippen LogP contribution in [0.5, 0.6) is 11.8 Å². The fraction of sp³-hybridized carbons (Fsp3) is 0.308. The largest absolute Gasteiger partial charge is 0.424 e. The van der Waals surface area contributed by atoms with Crippen LogP contribution < -0.4 is 15.4 Å². The van der Waals surface area contributed by atoms with Gasteiger partial charge in [0.05, 0.1) is 4.92 Å². The van der Waals surface area contributed by atoms with E-state index >= 15 is 0 Å². The van der Waals surface area contributed by atoms with Crippen molar-refractivity contribution in [1.29, 1.82) is 0 Å². The monoisotopic (exact) mass is 304 g/mol. The van der Waals surface area contributed by atoms with Gasteiger partial charge in [-0.15, -0.1) is 0 Å². The fourth-order valence-electron chi connectivity index (χ4n) is 1.62. The molecular weight excluding hydrogens is 288 g/mol. The average Bonchev–Trinajstić information content (AvgIpc) is 2.48. The van der Waals surface area contributed by atoms with Crippen LogP contribution in [0.1, 0.15) is 13.8 Å². The summed E-state index contributed by atoms with van der Waals surface area (Å²) in [6.45, 7) is 5.17. The molecule has 2 N–H and O–H groups in total. The fourth-order valence-corrected chi connectivity index (χ4v) is 1.62. The summed E-state index contributed by atoms with van der Waals surface area (Å²) in [5.41, 5.74) is -0.00956. The topological polar surface area (TPSA) is 115 Å². The van der Waals surface area contributed by atoms with Gasteiger partial charge in [-0.1, -0.05) is 0 Å². The van der Waals surface area contributed by atoms with E-state index in [1.807, 2.05) is 13.8 Å². The molecule has 2 rings (SSSR count). The quantitative estimate of drug-likeness (QED) is 0.592. The molecule has 0 aliphatic heterocycles. The van der Waals surface area contributed by atoms with Gasteiger partial charge in [0.2, 0.25) is 11.9 Å². The van der Waals surface area contributed by atoms with E-state index in [0.29, 0.717) is 30.7 Å². The molecule has 0 aliphatic rings. The van der Waals surface area contributed by atoms with E-state index in [4.69, 9.17) is 4.74 Å². The predicted octanol–water partition coefficient (Wildman–Crippen LogP) is 2.44. The van der Waals surface area contributed by atoms with E-state index in [0.717, 1.165) is 0 Å². The lowest BCUT2D eigenvalue weighted by Gasteiger charge is -2.08. The molecule has 1 heterocycles. The number of non-ortho nitro benzene ring substituents is 1. The first-order chi connectivity index (χ1) is 10.6. The van der Waals surface area contributed by atoms with Crippen molar-refractivity contribution in [3.05, 3.63) is 34.4 Å². The number of hydrogen-bond donors (Lipinski definition) is 2. The zero-order chi connectivity index (χ0) is 15.9. The van der Waals surface area contributed by atoms with Crippen molar-refractivity contribution in [3.63, 3.8) is 0 Å². The van der Waals surface area contributed by atoms with Gasteiger partial charge in [-0.3, -0.25) is 10.1 Å². The first-order valence-corrected chi connectivity index (χ1v) is 6.78. The standard InChI is InChI=1S/C13H16N6O3/c1-3-14-11-16-12(15-4-2)18-13(17-11)22-10-7-5-9(6-8-10)19(20)21/h5-8H,3-4H2,1-2H3,(H2,14,15,16,17,18). The van der Waals surface area contributed by atoms with Crippen molar-refractivity contribution in [2.75, 3.05) is 23.7 Å². The van der Waals surface area contributed by atoms with E-state index in [1.54, 1.807) is 0 Å². The van der Waals surface area contributed by atoms with Crippen LogP contribution in [0.3, 0.4) is 0 Å². The van der Waals surface area contributed by atoms with Crippen molar-refractivity contribution in [2.45, 2.75) is 13.8 Å². The molecule has 1 aromatic carbocycles. The molecule has 22 heavy (non-hydrogen) atoms. The van der Waals surface area contributed by atoms with Crippen LogP contribution in [0.2, 0.25) is 0 Å². The number of anilines is 2. The third-order valence-corrected chi connectivity index (χ3v) is 2.54. The lowest BCUT2D eigenvalue weighted by atomic mass is 10.3. The van der Waals surface area contributed by atoms with Gasteiger partial charge in [0, 0.05) is 25.2 Å². The molecule has 0 saturated carbocycles. The number of benzene rings is 1. The summed E-state index contributed by atoms with van der Waals surface area (Å²) >= 11 is 0. The van der Waals surface area contributed by atoms with Gasteiger partial charge in [0.1, 0.15) is 5.75 Å². The van der Waals surface area contributed by atoms with Gasteiger partial charge in [-0.25, -0.2) is 0 Å². The molecule has 0 unspecified atom stereocenters. The second-order valence-electron chi connectivity index (χ2n) is 4.18. The van der Waals surface area contributed by atoms with Gasteiger partial charge in [0.15, 0.2) is 0 Å². The first kappa shape index (κ1) is 15.4. The second kappa shape index (κ2) is 7.16. The summed E-state index contributed by atoms with van der Waals surface area (Å²) in [6, 6.07) is 5.79. The maximum absolute atomic E-state index is 10.6. The molecule has 0 spiro atoms. The number of ether oxygens (including phenoxy) is 1. The SMILES string of the molecule is CCNc1nc(NCC)nc(Oc2ccc([N+](=O)[O-])cc2)n1. The Bertz CT molecular complexity index is 622. The lowest BCUT2D eigenvalue weighted by Crippen LogP contribution is -2.09. The molecular formula is C13H16N6O3. The van der Waals surface area contributed by atoms with Crippen LogP contribution in [0.25, 0.3) is 0 Å². The van der Waals surface area contributed by atoms with E-state index in [2.05, 4.69) is 25.6 Å². The number of nitrogens with one attached hydrogen (secondary N) is 2. The molecule has 9 nitrogen and oxygen atoms in total. The van der Waals surface area contributed by atoms with E-state index in [-0.39, 0.29) is 11.7 Å². The second-order valence-corrected chi connectivity index (χ2v) is 4.18.